The Morgan fingerprint density at radius 2 is 1.94 bits per heavy atom. The summed E-state index contributed by atoms with van der Waals surface area (Å²) in [5.41, 5.74) is 2.66. The lowest BCUT2D eigenvalue weighted by Crippen LogP contribution is -2.21. The minimum Gasteiger partial charge on any atom is -0.294 e. The molecule has 0 fully saturated rings. The van der Waals surface area contributed by atoms with Crippen molar-refractivity contribution in [3.63, 3.8) is 0 Å². The van der Waals surface area contributed by atoms with Crippen LogP contribution in [-0.4, -0.2) is 5.78 Å². The second kappa shape index (κ2) is 3.55. The van der Waals surface area contributed by atoms with E-state index >= 15 is 0 Å². The summed E-state index contributed by atoms with van der Waals surface area (Å²) >= 11 is 0. The predicted molar refractivity (Wildman–Crippen MR) is 72.6 cm³/mol. The van der Waals surface area contributed by atoms with Crippen molar-refractivity contribution in [1.29, 1.82) is 0 Å². The number of hydrogen-bond acceptors (Lipinski definition) is 1. The van der Waals surface area contributed by atoms with Crippen LogP contribution in [-0.2, 0) is 11.2 Å². The van der Waals surface area contributed by atoms with Crippen LogP contribution in [0.15, 0.2) is 48.6 Å². The lowest BCUT2D eigenvalue weighted by atomic mass is 9.74. The Kier molecular flexibility index (Phi) is 1.99. The van der Waals surface area contributed by atoms with Gasteiger partial charge in [-0.2, -0.15) is 0 Å². The summed E-state index contributed by atoms with van der Waals surface area (Å²) < 4.78 is 0. The normalized spacial score (nSPS) is 25.2. The number of rotatable bonds is 0. The summed E-state index contributed by atoms with van der Waals surface area (Å²) in [7, 11) is 0. The average molecular weight is 234 g/mol. The summed E-state index contributed by atoms with van der Waals surface area (Å²) in [5, 5.41) is 2.51. The highest BCUT2D eigenvalue weighted by molar-refractivity contribution is 6.02. The molecule has 2 aliphatic rings. The van der Waals surface area contributed by atoms with Crippen LogP contribution in [0.5, 0.6) is 0 Å². The molecule has 0 saturated heterocycles. The molecular weight excluding hydrogens is 220 g/mol. The largest absolute Gasteiger partial charge is 0.294 e. The SMILES string of the molecule is O=C1C=C[C@@H]2CCc3ccc4ccccc4c3[C@H]12. The zero-order chi connectivity index (χ0) is 12.1. The smallest absolute Gasteiger partial charge is 0.163 e. The minimum absolute atomic E-state index is 0.0832. The molecule has 0 N–H and O–H groups in total. The molecule has 0 radical (unpaired) electrons. The third-order valence-electron chi connectivity index (χ3n) is 4.36. The van der Waals surface area contributed by atoms with Crippen molar-refractivity contribution in [2.24, 2.45) is 5.92 Å². The number of benzene rings is 2. The molecule has 2 aromatic carbocycles. The van der Waals surface area contributed by atoms with Crippen molar-refractivity contribution >= 4 is 16.6 Å². The molecule has 0 bridgehead atoms. The van der Waals surface area contributed by atoms with Crippen molar-refractivity contribution in [3.8, 4) is 0 Å². The Hall–Kier alpha value is -1.89. The van der Waals surface area contributed by atoms with Gasteiger partial charge in [-0.15, -0.1) is 0 Å². The maximum absolute atomic E-state index is 12.1. The molecule has 4 rings (SSSR count). The number of ketones is 1. The van der Waals surface area contributed by atoms with Crippen LogP contribution in [0.2, 0.25) is 0 Å². The number of aryl methyl sites for hydroxylation is 1. The van der Waals surface area contributed by atoms with E-state index in [1.807, 2.05) is 0 Å². The van der Waals surface area contributed by atoms with Gasteiger partial charge in [-0.05, 0) is 46.7 Å². The first-order valence-electron chi connectivity index (χ1n) is 6.57. The first kappa shape index (κ1) is 10.1. The molecule has 1 nitrogen and oxygen atoms in total. The minimum atomic E-state index is 0.0832. The predicted octanol–water partition coefficient (Wildman–Crippen LogP) is 3.62. The second-order valence-electron chi connectivity index (χ2n) is 5.30. The van der Waals surface area contributed by atoms with Crippen LogP contribution >= 0.6 is 0 Å². The van der Waals surface area contributed by atoms with Crippen LogP contribution < -0.4 is 0 Å². The third kappa shape index (κ3) is 1.25. The lowest BCUT2D eigenvalue weighted by Gasteiger charge is -2.28. The van der Waals surface area contributed by atoms with Gasteiger partial charge < -0.3 is 0 Å². The van der Waals surface area contributed by atoms with Gasteiger partial charge in [-0.1, -0.05) is 42.5 Å². The summed E-state index contributed by atoms with van der Waals surface area (Å²) in [4.78, 5) is 12.1. The standard InChI is InChI=1S/C17H14O/c18-15-10-9-13-8-7-12-6-5-11-3-1-2-4-14(11)16(12)17(13)15/h1-6,9-10,13,17H,7-8H2/t13-,17-/m0/s1. The van der Waals surface area contributed by atoms with Crippen molar-refractivity contribution in [2.75, 3.05) is 0 Å². The molecule has 0 saturated carbocycles. The molecule has 0 unspecified atom stereocenters. The first-order valence-corrected chi connectivity index (χ1v) is 6.57. The van der Waals surface area contributed by atoms with E-state index in [2.05, 4.69) is 42.5 Å². The van der Waals surface area contributed by atoms with Crippen LogP contribution in [0.25, 0.3) is 10.8 Å². The van der Waals surface area contributed by atoms with Gasteiger partial charge in [0, 0.05) is 0 Å². The Morgan fingerprint density at radius 3 is 2.89 bits per heavy atom. The van der Waals surface area contributed by atoms with E-state index < -0.39 is 0 Å². The Labute approximate surface area is 106 Å². The molecule has 0 aromatic heterocycles. The molecule has 2 atom stereocenters. The van der Waals surface area contributed by atoms with Gasteiger partial charge in [0.05, 0.1) is 5.92 Å². The summed E-state index contributed by atoms with van der Waals surface area (Å²) in [6, 6.07) is 12.8. The first-order chi connectivity index (χ1) is 8.84. The molecule has 2 aromatic rings. The topological polar surface area (TPSA) is 17.1 Å². The lowest BCUT2D eigenvalue weighted by molar-refractivity contribution is -0.116. The summed E-state index contributed by atoms with van der Waals surface area (Å²) in [5.74, 6) is 0.799. The van der Waals surface area contributed by atoms with Gasteiger partial charge in [0.2, 0.25) is 0 Å². The van der Waals surface area contributed by atoms with Gasteiger partial charge in [0.15, 0.2) is 5.78 Å². The van der Waals surface area contributed by atoms with Gasteiger partial charge >= 0.3 is 0 Å². The van der Waals surface area contributed by atoms with Crippen molar-refractivity contribution in [3.05, 3.63) is 59.7 Å². The Balaban J connectivity index is 2.05. The van der Waals surface area contributed by atoms with E-state index in [9.17, 15) is 4.79 Å². The zero-order valence-electron chi connectivity index (χ0n) is 10.1. The monoisotopic (exact) mass is 234 g/mol. The van der Waals surface area contributed by atoms with Crippen LogP contribution in [0.4, 0.5) is 0 Å². The van der Waals surface area contributed by atoms with E-state index in [4.69, 9.17) is 0 Å². The fourth-order valence-corrected chi connectivity index (χ4v) is 3.51. The number of fused-ring (bicyclic) bond motifs is 5. The summed E-state index contributed by atoms with van der Waals surface area (Å²) in [6.07, 6.45) is 6.10. The molecule has 0 spiro atoms. The number of carbonyl (C=O) groups is 1. The average Bonchev–Trinajstić information content (AvgIpc) is 2.80. The van der Waals surface area contributed by atoms with E-state index in [1.54, 1.807) is 6.08 Å². The number of carbonyl (C=O) groups excluding carboxylic acids is 1. The van der Waals surface area contributed by atoms with Gasteiger partial charge in [0.25, 0.3) is 0 Å². The van der Waals surface area contributed by atoms with Crippen LogP contribution in [0.3, 0.4) is 0 Å². The molecule has 0 heterocycles. The molecule has 0 aliphatic heterocycles. The van der Waals surface area contributed by atoms with Crippen LogP contribution in [0.1, 0.15) is 23.5 Å². The fraction of sp³-hybridized carbons (Fsp3) is 0.235. The maximum Gasteiger partial charge on any atom is 0.163 e. The Morgan fingerprint density at radius 1 is 1.06 bits per heavy atom. The van der Waals surface area contributed by atoms with E-state index in [1.165, 1.54) is 21.9 Å². The Bertz CT molecular complexity index is 681. The van der Waals surface area contributed by atoms with Gasteiger partial charge in [-0.25, -0.2) is 0 Å². The number of allylic oxidation sites excluding steroid dienone is 2. The maximum atomic E-state index is 12.1. The quantitative estimate of drug-likeness (QED) is 0.680. The molecule has 2 aliphatic carbocycles. The van der Waals surface area contributed by atoms with Crippen molar-refractivity contribution < 1.29 is 4.79 Å². The molecule has 1 heteroatoms. The van der Waals surface area contributed by atoms with E-state index in [-0.39, 0.29) is 11.7 Å². The summed E-state index contributed by atoms with van der Waals surface area (Å²) in [6.45, 7) is 0. The molecular formula is C17H14O. The van der Waals surface area contributed by atoms with Crippen molar-refractivity contribution in [2.45, 2.75) is 18.8 Å². The highest BCUT2D eigenvalue weighted by atomic mass is 16.1. The van der Waals surface area contributed by atoms with Crippen molar-refractivity contribution in [1.82, 2.24) is 0 Å². The molecule has 0 amide bonds. The highest BCUT2D eigenvalue weighted by Gasteiger charge is 2.36. The number of hydrogen-bond donors (Lipinski definition) is 0. The highest BCUT2D eigenvalue weighted by Crippen LogP contribution is 2.44. The van der Waals surface area contributed by atoms with Gasteiger partial charge in [-0.3, -0.25) is 4.79 Å². The second-order valence-corrected chi connectivity index (χ2v) is 5.30. The zero-order valence-corrected chi connectivity index (χ0v) is 10.1. The van der Waals surface area contributed by atoms with Gasteiger partial charge in [0.1, 0.15) is 0 Å². The molecule has 18 heavy (non-hydrogen) atoms. The fourth-order valence-electron chi connectivity index (χ4n) is 3.51. The van der Waals surface area contributed by atoms with Crippen LogP contribution in [0, 0.1) is 5.92 Å². The van der Waals surface area contributed by atoms with E-state index in [0.29, 0.717) is 5.92 Å². The van der Waals surface area contributed by atoms with E-state index in [0.717, 1.165) is 12.8 Å². The third-order valence-corrected chi connectivity index (χ3v) is 4.36. The molecule has 88 valence electrons.